The summed E-state index contributed by atoms with van der Waals surface area (Å²) in [6.07, 6.45) is 3.66. The second-order valence-corrected chi connectivity index (χ2v) is 3.18. The van der Waals surface area contributed by atoms with Crippen LogP contribution in [0.1, 0.15) is 0 Å². The van der Waals surface area contributed by atoms with Gasteiger partial charge in [0.1, 0.15) is 0 Å². The van der Waals surface area contributed by atoms with Crippen molar-refractivity contribution >= 4 is 15.9 Å². The molecule has 0 atom stereocenters. The van der Waals surface area contributed by atoms with E-state index < -0.39 is 0 Å². The smallest absolute Gasteiger partial charge is 0.0787 e. The van der Waals surface area contributed by atoms with E-state index in [1.165, 1.54) is 0 Å². The van der Waals surface area contributed by atoms with Crippen molar-refractivity contribution in [3.8, 4) is 5.69 Å². The van der Waals surface area contributed by atoms with Gasteiger partial charge in [0, 0.05) is 16.9 Å². The first kappa shape index (κ1) is 7.55. The number of hydrogen-bond donors (Lipinski definition) is 0. The van der Waals surface area contributed by atoms with Gasteiger partial charge in [-0.1, -0.05) is 6.07 Å². The van der Waals surface area contributed by atoms with Crippen LogP contribution in [-0.2, 0) is 0 Å². The van der Waals surface area contributed by atoms with Crippen molar-refractivity contribution in [3.05, 3.63) is 47.2 Å². The maximum Gasteiger partial charge on any atom is 0.0787 e. The minimum Gasteiger partial charge on any atom is -0.240 e. The standard InChI is InChI=1S/C9H6BrN2/c10-8-4-1-2-5-9(8)12-7-3-6-11-12/h2-7H. The van der Waals surface area contributed by atoms with E-state index in [9.17, 15) is 0 Å². The molecule has 0 unspecified atom stereocenters. The Morgan fingerprint density at radius 2 is 2.42 bits per heavy atom. The van der Waals surface area contributed by atoms with Crippen LogP contribution < -0.4 is 0 Å². The van der Waals surface area contributed by atoms with Crippen LogP contribution in [0.2, 0.25) is 0 Å². The van der Waals surface area contributed by atoms with Gasteiger partial charge in [-0.2, -0.15) is 5.10 Å². The van der Waals surface area contributed by atoms with Gasteiger partial charge >= 0.3 is 0 Å². The van der Waals surface area contributed by atoms with Crippen molar-refractivity contribution in [2.45, 2.75) is 0 Å². The van der Waals surface area contributed by atoms with E-state index in [0.717, 1.165) is 10.2 Å². The SMILES string of the molecule is Brc1c[c]ccc1-n1cccn1. The fourth-order valence-electron chi connectivity index (χ4n) is 0.999. The average Bonchev–Trinajstić information content (AvgIpc) is 2.57. The zero-order valence-corrected chi connectivity index (χ0v) is 7.82. The van der Waals surface area contributed by atoms with Crippen LogP contribution in [0.25, 0.3) is 5.69 Å². The number of benzene rings is 1. The lowest BCUT2D eigenvalue weighted by molar-refractivity contribution is 0.876. The Kier molecular flexibility index (Phi) is 1.96. The lowest BCUT2D eigenvalue weighted by Gasteiger charge is -2.02. The summed E-state index contributed by atoms with van der Waals surface area (Å²) in [7, 11) is 0. The number of hydrogen-bond acceptors (Lipinski definition) is 1. The van der Waals surface area contributed by atoms with Crippen molar-refractivity contribution < 1.29 is 0 Å². The van der Waals surface area contributed by atoms with Crippen LogP contribution in [0.3, 0.4) is 0 Å². The minimum atomic E-state index is 0.994. The quantitative estimate of drug-likeness (QED) is 0.724. The number of rotatable bonds is 1. The summed E-state index contributed by atoms with van der Waals surface area (Å²) < 4.78 is 2.80. The third-order valence-corrected chi connectivity index (χ3v) is 2.18. The van der Waals surface area contributed by atoms with E-state index in [2.05, 4.69) is 27.1 Å². The Balaban J connectivity index is 2.55. The fraction of sp³-hybridized carbons (Fsp3) is 0. The van der Waals surface area contributed by atoms with Crippen molar-refractivity contribution in [1.29, 1.82) is 0 Å². The summed E-state index contributed by atoms with van der Waals surface area (Å²) in [6.45, 7) is 0. The highest BCUT2D eigenvalue weighted by molar-refractivity contribution is 9.10. The first-order valence-corrected chi connectivity index (χ1v) is 4.33. The van der Waals surface area contributed by atoms with E-state index >= 15 is 0 Å². The van der Waals surface area contributed by atoms with E-state index in [1.54, 1.807) is 10.9 Å². The van der Waals surface area contributed by atoms with Gasteiger partial charge < -0.3 is 0 Å². The molecule has 0 aliphatic rings. The molecule has 3 heteroatoms. The molecule has 0 aliphatic heterocycles. The van der Waals surface area contributed by atoms with Crippen LogP contribution in [0.5, 0.6) is 0 Å². The van der Waals surface area contributed by atoms with Crippen molar-refractivity contribution in [1.82, 2.24) is 9.78 Å². The molecule has 0 saturated heterocycles. The third-order valence-electron chi connectivity index (χ3n) is 1.54. The third kappa shape index (κ3) is 1.28. The molecular weight excluding hydrogens is 216 g/mol. The summed E-state index contributed by atoms with van der Waals surface area (Å²) in [6, 6.07) is 10.6. The van der Waals surface area contributed by atoms with E-state index in [0.29, 0.717) is 0 Å². The Hall–Kier alpha value is -1.09. The molecule has 59 valence electrons. The minimum absolute atomic E-state index is 0.994. The van der Waals surface area contributed by atoms with E-state index in [1.807, 2.05) is 30.5 Å². The summed E-state index contributed by atoms with van der Waals surface area (Å²) in [5, 5.41) is 4.12. The predicted octanol–water partition coefficient (Wildman–Crippen LogP) is 2.43. The molecule has 0 fully saturated rings. The Morgan fingerprint density at radius 1 is 1.50 bits per heavy atom. The Labute approximate surface area is 79.0 Å². The van der Waals surface area contributed by atoms with Gasteiger partial charge in [-0.25, -0.2) is 4.68 Å². The maximum absolute atomic E-state index is 4.12. The van der Waals surface area contributed by atoms with Gasteiger partial charge in [0.25, 0.3) is 0 Å². The molecule has 1 aromatic heterocycles. The molecule has 0 amide bonds. The molecule has 0 bridgehead atoms. The molecule has 12 heavy (non-hydrogen) atoms. The van der Waals surface area contributed by atoms with Crippen LogP contribution in [-0.4, -0.2) is 9.78 Å². The first-order chi connectivity index (χ1) is 5.88. The summed E-state index contributed by atoms with van der Waals surface area (Å²) in [4.78, 5) is 0. The largest absolute Gasteiger partial charge is 0.240 e. The molecule has 2 aromatic rings. The second kappa shape index (κ2) is 3.11. The zero-order valence-electron chi connectivity index (χ0n) is 6.24. The molecule has 0 N–H and O–H groups in total. The van der Waals surface area contributed by atoms with Crippen molar-refractivity contribution in [2.75, 3.05) is 0 Å². The number of halogens is 1. The normalized spacial score (nSPS) is 10.1. The molecule has 2 nitrogen and oxygen atoms in total. The lowest BCUT2D eigenvalue weighted by Crippen LogP contribution is -1.94. The number of nitrogens with zero attached hydrogens (tertiary/aromatic N) is 2. The topological polar surface area (TPSA) is 17.8 Å². The van der Waals surface area contributed by atoms with Crippen LogP contribution in [0, 0.1) is 6.07 Å². The van der Waals surface area contributed by atoms with Crippen LogP contribution in [0.15, 0.2) is 41.1 Å². The summed E-state index contributed by atoms with van der Waals surface area (Å²) >= 11 is 3.43. The molecule has 1 radical (unpaired) electrons. The predicted molar refractivity (Wildman–Crippen MR) is 50.1 cm³/mol. The Morgan fingerprint density at radius 3 is 3.08 bits per heavy atom. The van der Waals surface area contributed by atoms with Crippen LogP contribution in [0.4, 0.5) is 0 Å². The van der Waals surface area contributed by atoms with Gasteiger partial charge in [0.05, 0.1) is 5.69 Å². The molecule has 1 heterocycles. The first-order valence-electron chi connectivity index (χ1n) is 3.53. The molecule has 0 spiro atoms. The highest BCUT2D eigenvalue weighted by Crippen LogP contribution is 2.18. The molecule has 1 aromatic carbocycles. The van der Waals surface area contributed by atoms with Gasteiger partial charge in [-0.05, 0) is 40.2 Å². The molecule has 0 saturated carbocycles. The van der Waals surface area contributed by atoms with Gasteiger partial charge in [-0.15, -0.1) is 0 Å². The fourth-order valence-corrected chi connectivity index (χ4v) is 1.44. The van der Waals surface area contributed by atoms with E-state index in [4.69, 9.17) is 0 Å². The van der Waals surface area contributed by atoms with Crippen molar-refractivity contribution in [2.24, 2.45) is 0 Å². The van der Waals surface area contributed by atoms with Gasteiger partial charge in [0.15, 0.2) is 0 Å². The highest BCUT2D eigenvalue weighted by atomic mass is 79.9. The van der Waals surface area contributed by atoms with Crippen LogP contribution >= 0.6 is 15.9 Å². The lowest BCUT2D eigenvalue weighted by atomic mass is 10.3. The summed E-state index contributed by atoms with van der Waals surface area (Å²) in [5.41, 5.74) is 1.03. The second-order valence-electron chi connectivity index (χ2n) is 2.33. The monoisotopic (exact) mass is 221 g/mol. The molecule has 2 rings (SSSR count). The summed E-state index contributed by atoms with van der Waals surface area (Å²) in [5.74, 6) is 0. The Bertz CT molecular complexity index is 368. The van der Waals surface area contributed by atoms with E-state index in [-0.39, 0.29) is 0 Å². The molecule has 0 aliphatic carbocycles. The average molecular weight is 222 g/mol. The highest BCUT2D eigenvalue weighted by Gasteiger charge is 1.98. The van der Waals surface area contributed by atoms with Gasteiger partial charge in [0.2, 0.25) is 0 Å². The maximum atomic E-state index is 4.12. The van der Waals surface area contributed by atoms with Gasteiger partial charge in [-0.3, -0.25) is 0 Å². The zero-order chi connectivity index (χ0) is 8.39. The molecular formula is C9H6BrN2. The van der Waals surface area contributed by atoms with Crippen molar-refractivity contribution in [3.63, 3.8) is 0 Å². The number of aromatic nitrogens is 2.